The van der Waals surface area contributed by atoms with E-state index in [2.05, 4.69) is 15.3 Å². The van der Waals surface area contributed by atoms with Gasteiger partial charge in [0.15, 0.2) is 5.82 Å². The number of aromatic nitrogens is 5. The third-order valence-corrected chi connectivity index (χ3v) is 6.35. The van der Waals surface area contributed by atoms with Crippen molar-refractivity contribution in [3.63, 3.8) is 0 Å². The molecule has 3 heterocycles. The highest BCUT2D eigenvalue weighted by atomic mass is 16.5. The Kier molecular flexibility index (Phi) is 6.13. The molecule has 36 heavy (non-hydrogen) atoms. The van der Waals surface area contributed by atoms with Crippen LogP contribution in [0.3, 0.4) is 0 Å². The minimum absolute atomic E-state index is 0.219. The van der Waals surface area contributed by atoms with Gasteiger partial charge in [0.05, 0.1) is 35.4 Å². The number of ether oxygens (including phenoxy) is 1. The summed E-state index contributed by atoms with van der Waals surface area (Å²) in [5.41, 5.74) is 5.68. The number of aromatic carboxylic acids is 1. The molecule has 0 saturated heterocycles. The second-order valence-corrected chi connectivity index (χ2v) is 8.95. The Hall–Kier alpha value is -4.27. The highest BCUT2D eigenvalue weighted by Gasteiger charge is 2.27. The molecule has 0 radical (unpaired) electrons. The fraction of sp³-hybridized carbons (Fsp3) is 0.296. The maximum Gasteiger partial charge on any atom is 0.337 e. The van der Waals surface area contributed by atoms with Crippen molar-refractivity contribution < 1.29 is 14.6 Å². The van der Waals surface area contributed by atoms with E-state index in [1.807, 2.05) is 39.0 Å². The quantitative estimate of drug-likeness (QED) is 0.349. The first-order valence-corrected chi connectivity index (χ1v) is 12.0. The summed E-state index contributed by atoms with van der Waals surface area (Å²) >= 11 is 0. The molecule has 9 nitrogen and oxygen atoms in total. The molecule has 5 rings (SSSR count). The molecule has 2 N–H and O–H groups in total. The van der Waals surface area contributed by atoms with Crippen LogP contribution in [-0.4, -0.2) is 42.9 Å². The van der Waals surface area contributed by atoms with Gasteiger partial charge in [-0.05, 0) is 62.8 Å². The topological polar surface area (TPSA) is 115 Å². The van der Waals surface area contributed by atoms with Crippen molar-refractivity contribution in [2.24, 2.45) is 0 Å². The summed E-state index contributed by atoms with van der Waals surface area (Å²) in [6, 6.07) is 9.32. The average Bonchev–Trinajstić information content (AvgIpc) is 3.67. The molecule has 0 bridgehead atoms. The van der Waals surface area contributed by atoms with Gasteiger partial charge in [-0.1, -0.05) is 13.0 Å². The number of hydrogen-bond acceptors (Lipinski definition) is 7. The van der Waals surface area contributed by atoms with Gasteiger partial charge >= 0.3 is 5.97 Å². The summed E-state index contributed by atoms with van der Waals surface area (Å²) in [5, 5.41) is 18.3. The van der Waals surface area contributed by atoms with E-state index in [0.717, 1.165) is 40.9 Å². The van der Waals surface area contributed by atoms with Crippen LogP contribution in [0.1, 0.15) is 58.7 Å². The van der Waals surface area contributed by atoms with E-state index in [4.69, 9.17) is 14.8 Å². The molecule has 1 aliphatic rings. The van der Waals surface area contributed by atoms with Crippen LogP contribution >= 0.6 is 0 Å². The number of aryl methyl sites for hydroxylation is 3. The van der Waals surface area contributed by atoms with E-state index >= 15 is 0 Å². The van der Waals surface area contributed by atoms with Crippen molar-refractivity contribution in [3.05, 3.63) is 70.9 Å². The number of anilines is 2. The zero-order valence-electron chi connectivity index (χ0n) is 20.7. The van der Waals surface area contributed by atoms with Crippen LogP contribution in [0, 0.1) is 13.8 Å². The van der Waals surface area contributed by atoms with Crippen molar-refractivity contribution in [2.75, 3.05) is 12.4 Å². The molecule has 0 spiro atoms. The average molecular weight is 485 g/mol. The molecule has 4 aromatic rings. The van der Waals surface area contributed by atoms with E-state index < -0.39 is 5.97 Å². The Morgan fingerprint density at radius 1 is 1.17 bits per heavy atom. The Balaban J connectivity index is 1.72. The number of methoxy groups -OCH3 is 1. The van der Waals surface area contributed by atoms with E-state index in [-0.39, 0.29) is 5.56 Å². The molecule has 1 aliphatic carbocycles. The van der Waals surface area contributed by atoms with Crippen LogP contribution in [-0.2, 0) is 6.42 Å². The minimum Gasteiger partial charge on any atom is -0.481 e. The molecule has 0 aliphatic heterocycles. The van der Waals surface area contributed by atoms with Crippen LogP contribution in [0.5, 0.6) is 5.88 Å². The van der Waals surface area contributed by atoms with Crippen molar-refractivity contribution in [1.82, 2.24) is 24.7 Å². The second kappa shape index (κ2) is 9.41. The minimum atomic E-state index is -0.985. The van der Waals surface area contributed by atoms with Gasteiger partial charge in [-0.15, -0.1) is 0 Å². The summed E-state index contributed by atoms with van der Waals surface area (Å²) in [6.07, 6.45) is 6.28. The number of carbonyl (C=O) groups is 1. The van der Waals surface area contributed by atoms with E-state index in [0.29, 0.717) is 41.2 Å². The first-order chi connectivity index (χ1) is 17.4. The van der Waals surface area contributed by atoms with E-state index in [1.54, 1.807) is 36.3 Å². The van der Waals surface area contributed by atoms with Gasteiger partial charge in [-0.2, -0.15) is 9.78 Å². The smallest absolute Gasteiger partial charge is 0.337 e. The predicted octanol–water partition coefficient (Wildman–Crippen LogP) is 5.23. The Morgan fingerprint density at radius 2 is 1.97 bits per heavy atom. The van der Waals surface area contributed by atoms with Gasteiger partial charge in [0.25, 0.3) is 0 Å². The van der Waals surface area contributed by atoms with Crippen molar-refractivity contribution in [2.45, 2.75) is 46.0 Å². The zero-order valence-corrected chi connectivity index (χ0v) is 20.7. The van der Waals surface area contributed by atoms with Crippen LogP contribution < -0.4 is 10.1 Å². The normalized spacial score (nSPS) is 13.0. The van der Waals surface area contributed by atoms with Crippen LogP contribution in [0.25, 0.3) is 16.9 Å². The SMILES string of the molecule is CCc1nn(-c2nc(C)cnc2C)c(Nc2ccc(C3CC3)cc2C(=O)O)c1-c1ccc(OC)nc1. The molecule has 0 amide bonds. The van der Waals surface area contributed by atoms with E-state index in [9.17, 15) is 9.90 Å². The first-order valence-electron chi connectivity index (χ1n) is 12.0. The number of carboxylic acid groups (broad SMARTS) is 1. The molecule has 0 unspecified atom stereocenters. The van der Waals surface area contributed by atoms with Gasteiger partial charge < -0.3 is 15.2 Å². The summed E-state index contributed by atoms with van der Waals surface area (Å²) in [5.74, 6) is 1.14. The largest absolute Gasteiger partial charge is 0.481 e. The molecular formula is C27H28N6O3. The zero-order chi connectivity index (χ0) is 25.4. The number of rotatable bonds is 8. The molecule has 1 aromatic carbocycles. The maximum atomic E-state index is 12.2. The van der Waals surface area contributed by atoms with Crippen molar-refractivity contribution in [3.8, 4) is 22.8 Å². The number of nitrogens with one attached hydrogen (secondary N) is 1. The van der Waals surface area contributed by atoms with Gasteiger partial charge in [0, 0.05) is 29.6 Å². The molecule has 3 aromatic heterocycles. The number of pyridine rings is 1. The third-order valence-electron chi connectivity index (χ3n) is 6.35. The number of hydrogen-bond donors (Lipinski definition) is 2. The second-order valence-electron chi connectivity index (χ2n) is 8.95. The Morgan fingerprint density at radius 3 is 2.61 bits per heavy atom. The Labute approximate surface area is 209 Å². The van der Waals surface area contributed by atoms with Gasteiger partial charge in [0.2, 0.25) is 5.88 Å². The standard InChI is InChI=1S/C27H28N6O3/c1-5-21-24(19-9-11-23(36-4)29-14-19)26(33(32-21)25-16(3)28-13-15(2)30-25)31-22-10-8-18(17-6-7-17)12-20(22)27(34)35/h8-14,17,31H,5-7H2,1-4H3,(H,34,35). The van der Waals surface area contributed by atoms with Crippen molar-refractivity contribution in [1.29, 1.82) is 0 Å². The number of benzene rings is 1. The van der Waals surface area contributed by atoms with Crippen LogP contribution in [0.4, 0.5) is 11.5 Å². The molecule has 184 valence electrons. The van der Waals surface area contributed by atoms with E-state index in [1.165, 1.54) is 0 Å². The Bertz CT molecular complexity index is 1440. The predicted molar refractivity (Wildman–Crippen MR) is 136 cm³/mol. The maximum absolute atomic E-state index is 12.2. The molecule has 1 fully saturated rings. The fourth-order valence-corrected chi connectivity index (χ4v) is 4.30. The molecule has 1 saturated carbocycles. The summed E-state index contributed by atoms with van der Waals surface area (Å²) in [6.45, 7) is 5.78. The van der Waals surface area contributed by atoms with Gasteiger partial charge in [-0.25, -0.2) is 14.8 Å². The summed E-state index contributed by atoms with van der Waals surface area (Å²) < 4.78 is 6.95. The highest BCUT2D eigenvalue weighted by Crippen LogP contribution is 2.42. The monoisotopic (exact) mass is 484 g/mol. The highest BCUT2D eigenvalue weighted by molar-refractivity contribution is 5.96. The first kappa shape index (κ1) is 23.5. The number of nitrogens with zero attached hydrogens (tertiary/aromatic N) is 5. The lowest BCUT2D eigenvalue weighted by Gasteiger charge is -2.16. The number of carboxylic acids is 1. The van der Waals surface area contributed by atoms with Crippen LogP contribution in [0.2, 0.25) is 0 Å². The summed E-state index contributed by atoms with van der Waals surface area (Å²) in [4.78, 5) is 25.8. The summed E-state index contributed by atoms with van der Waals surface area (Å²) in [7, 11) is 1.57. The van der Waals surface area contributed by atoms with Gasteiger partial charge in [-0.3, -0.25) is 4.98 Å². The lowest BCUT2D eigenvalue weighted by Crippen LogP contribution is -2.11. The molecule has 0 atom stereocenters. The molecular weight excluding hydrogens is 456 g/mol. The van der Waals surface area contributed by atoms with Crippen LogP contribution in [0.15, 0.2) is 42.7 Å². The molecule has 9 heteroatoms. The fourth-order valence-electron chi connectivity index (χ4n) is 4.30. The lowest BCUT2D eigenvalue weighted by atomic mass is 10.0. The third kappa shape index (κ3) is 4.39. The van der Waals surface area contributed by atoms with Gasteiger partial charge in [0.1, 0.15) is 5.82 Å². The lowest BCUT2D eigenvalue weighted by molar-refractivity contribution is 0.0698. The van der Waals surface area contributed by atoms with Crippen molar-refractivity contribution >= 4 is 17.5 Å².